The third kappa shape index (κ3) is 5.19. The van der Waals surface area contributed by atoms with Gasteiger partial charge in [0.2, 0.25) is 5.91 Å². The molecule has 0 fully saturated rings. The summed E-state index contributed by atoms with van der Waals surface area (Å²) < 4.78 is 18.0. The van der Waals surface area contributed by atoms with Gasteiger partial charge in [-0.15, -0.1) is 0 Å². The van der Waals surface area contributed by atoms with Crippen LogP contribution in [0.15, 0.2) is 48.5 Å². The molecule has 0 atom stereocenters. The molecule has 3 aromatic rings. The lowest BCUT2D eigenvalue weighted by molar-refractivity contribution is -0.138. The number of esters is 1. The van der Waals surface area contributed by atoms with Crippen molar-refractivity contribution in [3.8, 4) is 0 Å². The van der Waals surface area contributed by atoms with E-state index in [0.717, 1.165) is 5.56 Å². The van der Waals surface area contributed by atoms with Gasteiger partial charge < -0.3 is 15.0 Å². The Morgan fingerprint density at radius 2 is 1.87 bits per heavy atom. The molecule has 0 saturated heterocycles. The van der Waals surface area contributed by atoms with Crippen LogP contribution in [-0.4, -0.2) is 52.6 Å². The van der Waals surface area contributed by atoms with Crippen molar-refractivity contribution in [3.05, 3.63) is 65.6 Å². The number of rotatable bonds is 8. The molecule has 8 nitrogen and oxygen atoms in total. The molecule has 3 rings (SSSR count). The molecule has 1 heterocycles. The minimum Gasteiger partial charge on any atom is -0.451 e. The summed E-state index contributed by atoms with van der Waals surface area (Å²) in [5, 5.41) is 9.93. The van der Waals surface area contributed by atoms with Crippen molar-refractivity contribution in [2.45, 2.75) is 13.5 Å². The van der Waals surface area contributed by atoms with Crippen LogP contribution >= 0.6 is 0 Å². The van der Waals surface area contributed by atoms with Crippen LogP contribution in [0.3, 0.4) is 0 Å². The number of nitrogens with zero attached hydrogens (tertiary/aromatic N) is 2. The summed E-state index contributed by atoms with van der Waals surface area (Å²) in [5.41, 5.74) is 1.52. The standard InChI is InChI=1S/C21H21FN4O4/c1-2-26(12-18(27)23-11-14-7-9-15(22)10-8-14)19(28)13-30-21(29)20-16-5-3-4-6-17(16)24-25-20/h3-10H,2,11-13H2,1H3,(H,23,27)(H,24,25). The van der Waals surface area contributed by atoms with E-state index in [0.29, 0.717) is 10.9 Å². The molecular weight excluding hydrogens is 391 g/mol. The Bertz CT molecular complexity index is 1050. The number of halogens is 1. The zero-order chi connectivity index (χ0) is 21.5. The highest BCUT2D eigenvalue weighted by Crippen LogP contribution is 2.15. The van der Waals surface area contributed by atoms with Gasteiger partial charge in [0.1, 0.15) is 5.82 Å². The van der Waals surface area contributed by atoms with Crippen molar-refractivity contribution < 1.29 is 23.5 Å². The lowest BCUT2D eigenvalue weighted by Crippen LogP contribution is -2.42. The number of amides is 2. The predicted molar refractivity (Wildman–Crippen MR) is 107 cm³/mol. The Labute approximate surface area is 172 Å². The second-order valence-electron chi connectivity index (χ2n) is 6.51. The van der Waals surface area contributed by atoms with Crippen LogP contribution in [0.5, 0.6) is 0 Å². The number of para-hydroxylation sites is 1. The van der Waals surface area contributed by atoms with Crippen LogP contribution in [0.25, 0.3) is 10.9 Å². The number of H-pyrrole nitrogens is 1. The first-order valence-corrected chi connectivity index (χ1v) is 9.37. The van der Waals surface area contributed by atoms with Crippen molar-refractivity contribution in [2.75, 3.05) is 19.7 Å². The first-order chi connectivity index (χ1) is 14.5. The van der Waals surface area contributed by atoms with E-state index in [-0.39, 0.29) is 37.1 Å². The van der Waals surface area contributed by atoms with Gasteiger partial charge in [0, 0.05) is 18.5 Å². The largest absolute Gasteiger partial charge is 0.451 e. The average molecular weight is 412 g/mol. The second-order valence-corrected chi connectivity index (χ2v) is 6.51. The number of fused-ring (bicyclic) bond motifs is 1. The fraction of sp³-hybridized carbons (Fsp3) is 0.238. The highest BCUT2D eigenvalue weighted by atomic mass is 19.1. The Balaban J connectivity index is 1.49. The van der Waals surface area contributed by atoms with E-state index in [1.807, 2.05) is 0 Å². The average Bonchev–Trinajstić information content (AvgIpc) is 3.19. The number of nitrogens with one attached hydrogen (secondary N) is 2. The molecule has 30 heavy (non-hydrogen) atoms. The third-order valence-electron chi connectivity index (χ3n) is 4.46. The zero-order valence-electron chi connectivity index (χ0n) is 16.4. The zero-order valence-corrected chi connectivity index (χ0v) is 16.4. The van der Waals surface area contributed by atoms with Gasteiger partial charge in [-0.3, -0.25) is 14.7 Å². The summed E-state index contributed by atoms with van der Waals surface area (Å²) in [4.78, 5) is 38.0. The smallest absolute Gasteiger partial charge is 0.359 e. The van der Waals surface area contributed by atoms with Gasteiger partial charge in [-0.1, -0.05) is 30.3 Å². The fourth-order valence-electron chi connectivity index (χ4n) is 2.81. The summed E-state index contributed by atoms with van der Waals surface area (Å²) >= 11 is 0. The van der Waals surface area contributed by atoms with Gasteiger partial charge in [0.05, 0.1) is 12.1 Å². The van der Waals surface area contributed by atoms with Crippen molar-refractivity contribution in [1.29, 1.82) is 0 Å². The van der Waals surface area contributed by atoms with E-state index in [1.165, 1.54) is 17.0 Å². The van der Waals surface area contributed by atoms with Gasteiger partial charge in [-0.25, -0.2) is 9.18 Å². The molecule has 2 amide bonds. The number of hydrogen-bond donors (Lipinski definition) is 2. The monoisotopic (exact) mass is 412 g/mol. The molecule has 0 aliphatic heterocycles. The van der Waals surface area contributed by atoms with Crippen molar-refractivity contribution in [2.24, 2.45) is 0 Å². The SMILES string of the molecule is CCN(CC(=O)NCc1ccc(F)cc1)C(=O)COC(=O)c1n[nH]c2ccccc12. The number of aromatic nitrogens is 2. The van der Waals surface area contributed by atoms with E-state index in [4.69, 9.17) is 4.74 Å². The molecule has 0 spiro atoms. The molecule has 1 aromatic heterocycles. The summed E-state index contributed by atoms with van der Waals surface area (Å²) in [7, 11) is 0. The van der Waals surface area contributed by atoms with Crippen LogP contribution in [-0.2, 0) is 20.9 Å². The topological polar surface area (TPSA) is 104 Å². The van der Waals surface area contributed by atoms with Crippen LogP contribution in [0.4, 0.5) is 4.39 Å². The molecule has 9 heteroatoms. The van der Waals surface area contributed by atoms with Crippen LogP contribution in [0.1, 0.15) is 23.0 Å². The quantitative estimate of drug-likeness (QED) is 0.551. The lowest BCUT2D eigenvalue weighted by atomic mass is 10.2. The maximum absolute atomic E-state index is 12.9. The Morgan fingerprint density at radius 3 is 2.60 bits per heavy atom. The molecule has 0 aliphatic rings. The lowest BCUT2D eigenvalue weighted by Gasteiger charge is -2.20. The van der Waals surface area contributed by atoms with Gasteiger partial charge in [0.25, 0.3) is 5.91 Å². The number of carbonyl (C=O) groups excluding carboxylic acids is 3. The first-order valence-electron chi connectivity index (χ1n) is 9.37. The molecule has 2 aromatic carbocycles. The number of likely N-dealkylation sites (N-methyl/N-ethyl adjacent to an activating group) is 1. The molecule has 156 valence electrons. The molecular formula is C21H21FN4O4. The van der Waals surface area contributed by atoms with Crippen LogP contribution < -0.4 is 5.32 Å². The highest BCUT2D eigenvalue weighted by Gasteiger charge is 2.20. The normalized spacial score (nSPS) is 10.6. The minimum absolute atomic E-state index is 0.0958. The molecule has 2 N–H and O–H groups in total. The molecule has 0 aliphatic carbocycles. The summed E-state index contributed by atoms with van der Waals surface area (Å²) in [6.07, 6.45) is 0. The second kappa shape index (κ2) is 9.64. The van der Waals surface area contributed by atoms with Crippen molar-refractivity contribution in [1.82, 2.24) is 20.4 Å². The molecule has 0 radical (unpaired) electrons. The summed E-state index contributed by atoms with van der Waals surface area (Å²) in [5.74, 6) is -1.95. The van der Waals surface area contributed by atoms with E-state index < -0.39 is 18.5 Å². The first kappa shape index (κ1) is 21.0. The summed E-state index contributed by atoms with van der Waals surface area (Å²) in [6.45, 7) is 1.52. The minimum atomic E-state index is -0.724. The Morgan fingerprint density at radius 1 is 1.13 bits per heavy atom. The number of hydrogen-bond acceptors (Lipinski definition) is 5. The van der Waals surface area contributed by atoms with E-state index >= 15 is 0 Å². The van der Waals surface area contributed by atoms with E-state index in [1.54, 1.807) is 43.3 Å². The van der Waals surface area contributed by atoms with Gasteiger partial charge in [-0.2, -0.15) is 5.10 Å². The van der Waals surface area contributed by atoms with Crippen LogP contribution in [0.2, 0.25) is 0 Å². The number of aromatic amines is 1. The molecule has 0 bridgehead atoms. The highest BCUT2D eigenvalue weighted by molar-refractivity contribution is 6.02. The number of benzene rings is 2. The molecule has 0 unspecified atom stereocenters. The van der Waals surface area contributed by atoms with Gasteiger partial charge in [-0.05, 0) is 30.7 Å². The third-order valence-corrected chi connectivity index (χ3v) is 4.46. The fourth-order valence-corrected chi connectivity index (χ4v) is 2.81. The van der Waals surface area contributed by atoms with E-state index in [9.17, 15) is 18.8 Å². The number of ether oxygens (including phenoxy) is 1. The van der Waals surface area contributed by atoms with Gasteiger partial charge in [0.15, 0.2) is 12.3 Å². The van der Waals surface area contributed by atoms with Crippen LogP contribution in [0, 0.1) is 5.82 Å². The Hall–Kier alpha value is -3.75. The summed E-state index contributed by atoms with van der Waals surface area (Å²) in [6, 6.07) is 12.8. The Kier molecular flexibility index (Phi) is 6.74. The maximum Gasteiger partial charge on any atom is 0.359 e. The van der Waals surface area contributed by atoms with Crippen molar-refractivity contribution in [3.63, 3.8) is 0 Å². The van der Waals surface area contributed by atoms with Crippen molar-refractivity contribution >= 4 is 28.7 Å². The van der Waals surface area contributed by atoms with Gasteiger partial charge >= 0.3 is 5.97 Å². The van der Waals surface area contributed by atoms with E-state index in [2.05, 4.69) is 15.5 Å². The number of carbonyl (C=O) groups is 3. The molecule has 0 saturated carbocycles. The predicted octanol–water partition coefficient (Wildman–Crippen LogP) is 2.02. The maximum atomic E-state index is 12.9.